The Hall–Kier alpha value is -3.49. The van der Waals surface area contributed by atoms with Gasteiger partial charge in [0.25, 0.3) is 0 Å². The number of nitrogens with zero attached hydrogens (tertiary/aromatic N) is 4. The standard InChI is InChI=1S/C25H23ClN4O4/c1-32-13-18-23(15-7-8-21(33-2)22(12-15)34-3)25-28-27-24-19(30(25)29-18)10-16(11-20(24)31)14-5-4-6-17(26)9-14/h4-9,12,16H,10-11,13H2,1-3H3/t16-/m0/s1. The summed E-state index contributed by atoms with van der Waals surface area (Å²) in [6.07, 6.45) is 0.940. The Kier molecular flexibility index (Phi) is 5.93. The van der Waals surface area contributed by atoms with E-state index in [1.807, 2.05) is 42.5 Å². The zero-order valence-corrected chi connectivity index (χ0v) is 19.8. The molecule has 4 aromatic rings. The molecule has 34 heavy (non-hydrogen) atoms. The average Bonchev–Trinajstić information content (AvgIpc) is 3.22. The molecule has 0 saturated carbocycles. The first-order valence-electron chi connectivity index (χ1n) is 10.8. The van der Waals surface area contributed by atoms with Crippen LogP contribution in [0.4, 0.5) is 0 Å². The third-order valence-corrected chi connectivity index (χ3v) is 6.35. The van der Waals surface area contributed by atoms with Crippen LogP contribution in [0.25, 0.3) is 16.8 Å². The van der Waals surface area contributed by atoms with Crippen molar-refractivity contribution >= 4 is 23.0 Å². The minimum atomic E-state index is -0.0583. The molecule has 0 bridgehead atoms. The van der Waals surface area contributed by atoms with Gasteiger partial charge in [0.05, 0.1) is 37.8 Å². The number of rotatable bonds is 6. The molecule has 0 amide bonds. The number of hydrogen-bond donors (Lipinski definition) is 0. The number of fused-ring (bicyclic) bond motifs is 3. The number of carbonyl (C=O) groups is 1. The zero-order chi connectivity index (χ0) is 23.8. The molecule has 8 nitrogen and oxygen atoms in total. The lowest BCUT2D eigenvalue weighted by Gasteiger charge is -2.23. The predicted molar refractivity (Wildman–Crippen MR) is 127 cm³/mol. The van der Waals surface area contributed by atoms with E-state index in [1.54, 1.807) is 25.8 Å². The number of hydrogen-bond acceptors (Lipinski definition) is 7. The molecule has 5 rings (SSSR count). The SMILES string of the molecule is COCc1nn2c3c(nnc2c1-c1ccc(OC)c(OC)c1)C(=O)C[C@@H](c1cccc(Cl)c1)C3. The van der Waals surface area contributed by atoms with Crippen LogP contribution in [0.1, 0.15) is 39.8 Å². The largest absolute Gasteiger partial charge is 0.493 e. The molecule has 0 N–H and O–H groups in total. The van der Waals surface area contributed by atoms with Crippen LogP contribution in [-0.4, -0.2) is 46.9 Å². The Labute approximate surface area is 201 Å². The van der Waals surface area contributed by atoms with Gasteiger partial charge in [0.15, 0.2) is 28.6 Å². The number of ether oxygens (including phenoxy) is 3. The van der Waals surface area contributed by atoms with Crippen molar-refractivity contribution in [2.24, 2.45) is 0 Å². The van der Waals surface area contributed by atoms with Crippen molar-refractivity contribution in [2.75, 3.05) is 21.3 Å². The molecule has 2 aromatic carbocycles. The molecule has 1 aliphatic carbocycles. The summed E-state index contributed by atoms with van der Waals surface area (Å²) in [7, 11) is 4.79. The molecule has 174 valence electrons. The summed E-state index contributed by atoms with van der Waals surface area (Å²) in [4.78, 5) is 13.0. The number of aromatic nitrogens is 4. The van der Waals surface area contributed by atoms with Crippen LogP contribution in [0, 0.1) is 0 Å². The predicted octanol–water partition coefficient (Wildman–Crippen LogP) is 4.52. The van der Waals surface area contributed by atoms with Gasteiger partial charge in [0.1, 0.15) is 0 Å². The topological polar surface area (TPSA) is 87.8 Å². The van der Waals surface area contributed by atoms with Gasteiger partial charge >= 0.3 is 0 Å². The van der Waals surface area contributed by atoms with Crippen molar-refractivity contribution in [1.29, 1.82) is 0 Å². The first-order chi connectivity index (χ1) is 16.5. The first kappa shape index (κ1) is 22.3. The molecule has 0 spiro atoms. The van der Waals surface area contributed by atoms with Gasteiger partial charge in [0.2, 0.25) is 0 Å². The van der Waals surface area contributed by atoms with E-state index < -0.39 is 0 Å². The molecule has 9 heteroatoms. The highest BCUT2D eigenvalue weighted by molar-refractivity contribution is 6.30. The highest BCUT2D eigenvalue weighted by Crippen LogP contribution is 2.38. The molecule has 2 heterocycles. The Morgan fingerprint density at radius 1 is 1.03 bits per heavy atom. The Bertz CT molecular complexity index is 1400. The Morgan fingerprint density at radius 3 is 2.59 bits per heavy atom. The van der Waals surface area contributed by atoms with E-state index >= 15 is 0 Å². The normalized spacial score (nSPS) is 15.4. The van der Waals surface area contributed by atoms with Gasteiger partial charge in [-0.05, 0) is 47.7 Å². The smallest absolute Gasteiger partial charge is 0.185 e. The van der Waals surface area contributed by atoms with E-state index in [-0.39, 0.29) is 18.3 Å². The van der Waals surface area contributed by atoms with Gasteiger partial charge in [-0.2, -0.15) is 5.10 Å². The van der Waals surface area contributed by atoms with Gasteiger partial charge in [-0.3, -0.25) is 4.79 Å². The Morgan fingerprint density at radius 2 is 1.85 bits per heavy atom. The van der Waals surface area contributed by atoms with Crippen molar-refractivity contribution < 1.29 is 19.0 Å². The number of Topliss-reactive ketones (excluding diaryl/α,β-unsaturated/α-hetero) is 1. The van der Waals surface area contributed by atoms with Gasteiger partial charge in [0, 0.05) is 18.6 Å². The number of methoxy groups -OCH3 is 3. The zero-order valence-electron chi connectivity index (χ0n) is 19.0. The fourth-order valence-corrected chi connectivity index (χ4v) is 4.73. The number of benzene rings is 2. The summed E-state index contributed by atoms with van der Waals surface area (Å²) < 4.78 is 18.0. The van der Waals surface area contributed by atoms with Crippen LogP contribution in [0.5, 0.6) is 11.5 Å². The summed E-state index contributed by atoms with van der Waals surface area (Å²) in [6, 6.07) is 13.2. The van der Waals surface area contributed by atoms with E-state index in [4.69, 9.17) is 30.9 Å². The second kappa shape index (κ2) is 9.04. The third kappa shape index (κ3) is 3.78. The molecule has 1 atom stereocenters. The van der Waals surface area contributed by atoms with Gasteiger partial charge in [-0.25, -0.2) is 4.52 Å². The lowest BCUT2D eigenvalue weighted by molar-refractivity contribution is 0.0955. The van der Waals surface area contributed by atoms with Crippen LogP contribution >= 0.6 is 11.6 Å². The van der Waals surface area contributed by atoms with Crippen molar-refractivity contribution in [3.8, 4) is 22.6 Å². The van der Waals surface area contributed by atoms with E-state index in [2.05, 4.69) is 10.2 Å². The maximum Gasteiger partial charge on any atom is 0.185 e. The van der Waals surface area contributed by atoms with E-state index in [9.17, 15) is 4.79 Å². The summed E-state index contributed by atoms with van der Waals surface area (Å²) >= 11 is 6.21. The average molecular weight is 479 g/mol. The maximum atomic E-state index is 13.0. The second-order valence-corrected chi connectivity index (χ2v) is 8.57. The van der Waals surface area contributed by atoms with Crippen molar-refractivity contribution in [3.05, 3.63) is 70.1 Å². The fraction of sp³-hybridized carbons (Fsp3) is 0.280. The fourth-order valence-electron chi connectivity index (χ4n) is 4.54. The van der Waals surface area contributed by atoms with Crippen molar-refractivity contribution in [1.82, 2.24) is 19.8 Å². The minimum Gasteiger partial charge on any atom is -0.493 e. The summed E-state index contributed by atoms with van der Waals surface area (Å²) in [5, 5.41) is 14.2. The lowest BCUT2D eigenvalue weighted by atomic mass is 9.83. The minimum absolute atomic E-state index is 0.0225. The summed E-state index contributed by atoms with van der Waals surface area (Å²) in [5.74, 6) is 1.13. The lowest BCUT2D eigenvalue weighted by Crippen LogP contribution is -2.24. The van der Waals surface area contributed by atoms with Crippen LogP contribution in [-0.2, 0) is 17.8 Å². The summed E-state index contributed by atoms with van der Waals surface area (Å²) in [5.41, 5.74) is 4.96. The molecular weight excluding hydrogens is 456 g/mol. The molecule has 0 fully saturated rings. The monoisotopic (exact) mass is 478 g/mol. The van der Waals surface area contributed by atoms with Crippen LogP contribution in [0.15, 0.2) is 42.5 Å². The maximum absolute atomic E-state index is 13.0. The first-order valence-corrected chi connectivity index (χ1v) is 11.2. The van der Waals surface area contributed by atoms with Gasteiger partial charge in [-0.1, -0.05) is 29.8 Å². The van der Waals surface area contributed by atoms with Crippen molar-refractivity contribution in [3.63, 3.8) is 0 Å². The third-order valence-electron chi connectivity index (χ3n) is 6.12. The van der Waals surface area contributed by atoms with Crippen LogP contribution in [0.2, 0.25) is 5.02 Å². The van der Waals surface area contributed by atoms with E-state index in [0.29, 0.717) is 46.4 Å². The molecular formula is C25H23ClN4O4. The highest BCUT2D eigenvalue weighted by atomic mass is 35.5. The second-order valence-electron chi connectivity index (χ2n) is 8.14. The molecule has 2 aromatic heterocycles. The Balaban J connectivity index is 1.68. The quantitative estimate of drug-likeness (QED) is 0.402. The number of halogens is 1. The van der Waals surface area contributed by atoms with Crippen LogP contribution in [0.3, 0.4) is 0 Å². The summed E-state index contributed by atoms with van der Waals surface area (Å²) in [6.45, 7) is 0.271. The molecule has 0 aliphatic heterocycles. The van der Waals surface area contributed by atoms with E-state index in [0.717, 1.165) is 22.4 Å². The van der Waals surface area contributed by atoms with Gasteiger partial charge < -0.3 is 14.2 Å². The van der Waals surface area contributed by atoms with E-state index in [1.165, 1.54) is 0 Å². The molecule has 0 saturated heterocycles. The number of carbonyl (C=O) groups excluding carboxylic acids is 1. The van der Waals surface area contributed by atoms with Crippen molar-refractivity contribution in [2.45, 2.75) is 25.4 Å². The van der Waals surface area contributed by atoms with Crippen LogP contribution < -0.4 is 9.47 Å². The molecule has 1 aliphatic rings. The van der Waals surface area contributed by atoms with Gasteiger partial charge in [-0.15, -0.1) is 10.2 Å². The molecule has 0 radical (unpaired) electrons. The molecule has 0 unspecified atom stereocenters. The number of ketones is 1. The highest BCUT2D eigenvalue weighted by Gasteiger charge is 2.32.